The normalized spacial score (nSPS) is 18.2. The van der Waals surface area contributed by atoms with Gasteiger partial charge in [-0.1, -0.05) is 31.5 Å². The fourth-order valence-electron chi connectivity index (χ4n) is 4.59. The van der Waals surface area contributed by atoms with Crippen LogP contribution in [-0.2, 0) is 14.1 Å². The zero-order valence-electron chi connectivity index (χ0n) is 18.9. The van der Waals surface area contributed by atoms with Gasteiger partial charge in [-0.2, -0.15) is 10.2 Å². The Labute approximate surface area is 188 Å². The third kappa shape index (κ3) is 4.28. The zero-order valence-corrected chi connectivity index (χ0v) is 18.9. The van der Waals surface area contributed by atoms with Crippen molar-refractivity contribution in [3.8, 4) is 33.6 Å². The zero-order chi connectivity index (χ0) is 22.1. The lowest BCUT2D eigenvalue weighted by Gasteiger charge is -2.15. The van der Waals surface area contributed by atoms with Crippen LogP contribution in [0.25, 0.3) is 33.6 Å². The van der Waals surface area contributed by atoms with E-state index in [4.69, 9.17) is 9.97 Å². The van der Waals surface area contributed by atoms with Gasteiger partial charge < -0.3 is 5.32 Å². The fourth-order valence-corrected chi connectivity index (χ4v) is 4.59. The van der Waals surface area contributed by atoms with Gasteiger partial charge in [0, 0.05) is 61.5 Å². The molecule has 0 amide bonds. The van der Waals surface area contributed by atoms with Gasteiger partial charge in [0.2, 0.25) is 0 Å². The number of hydrogen-bond donors (Lipinski definition) is 1. The largest absolute Gasteiger partial charge is 0.369 e. The van der Waals surface area contributed by atoms with E-state index in [-0.39, 0.29) is 0 Å². The molecule has 0 aliphatic heterocycles. The average Bonchev–Trinajstić information content (AvgIpc) is 3.54. The third-order valence-corrected chi connectivity index (χ3v) is 6.33. The second-order valence-corrected chi connectivity index (χ2v) is 9.01. The van der Waals surface area contributed by atoms with Crippen molar-refractivity contribution in [2.45, 2.75) is 26.2 Å². The van der Waals surface area contributed by atoms with Crippen LogP contribution in [0.1, 0.15) is 26.2 Å². The van der Waals surface area contributed by atoms with Crippen LogP contribution in [0.15, 0.2) is 55.2 Å². The standard InChI is InChI=1S/C25H29N7/c1-17-7-8-18(9-17)11-26-25-23(22-13-29-32(3)16-22)14-27-24(30-25)20-6-4-5-19(10-20)21-12-28-31(2)15-21/h4-6,10,12-18H,7-9,11H2,1-3H3,(H,26,27,30). The van der Waals surface area contributed by atoms with E-state index in [1.807, 2.05) is 60.5 Å². The Morgan fingerprint density at radius 3 is 2.38 bits per heavy atom. The van der Waals surface area contributed by atoms with E-state index >= 15 is 0 Å². The molecule has 0 radical (unpaired) electrons. The summed E-state index contributed by atoms with van der Waals surface area (Å²) in [5, 5.41) is 12.3. The molecule has 7 heteroatoms. The molecule has 0 saturated heterocycles. The van der Waals surface area contributed by atoms with Crippen LogP contribution in [0, 0.1) is 11.8 Å². The first kappa shape index (κ1) is 20.4. The van der Waals surface area contributed by atoms with Crippen molar-refractivity contribution < 1.29 is 0 Å². The van der Waals surface area contributed by atoms with Crippen molar-refractivity contribution in [1.82, 2.24) is 29.5 Å². The van der Waals surface area contributed by atoms with Crippen LogP contribution in [0.4, 0.5) is 5.82 Å². The van der Waals surface area contributed by atoms with Crippen molar-refractivity contribution in [3.05, 3.63) is 55.2 Å². The molecule has 1 aliphatic rings. The van der Waals surface area contributed by atoms with Gasteiger partial charge in [0.15, 0.2) is 5.82 Å². The van der Waals surface area contributed by atoms with Crippen molar-refractivity contribution >= 4 is 5.82 Å². The van der Waals surface area contributed by atoms with E-state index in [2.05, 4.69) is 40.6 Å². The molecule has 164 valence electrons. The Morgan fingerprint density at radius 1 is 0.938 bits per heavy atom. The summed E-state index contributed by atoms with van der Waals surface area (Å²) < 4.78 is 3.62. The minimum Gasteiger partial charge on any atom is -0.369 e. The lowest BCUT2D eigenvalue weighted by Crippen LogP contribution is -2.13. The highest BCUT2D eigenvalue weighted by Gasteiger charge is 2.22. The highest BCUT2D eigenvalue weighted by atomic mass is 15.2. The quantitative estimate of drug-likeness (QED) is 0.479. The number of aryl methyl sites for hydroxylation is 2. The van der Waals surface area contributed by atoms with Crippen molar-refractivity contribution in [3.63, 3.8) is 0 Å². The van der Waals surface area contributed by atoms with Crippen LogP contribution in [0.3, 0.4) is 0 Å². The predicted molar refractivity (Wildman–Crippen MR) is 127 cm³/mol. The molecule has 3 heterocycles. The monoisotopic (exact) mass is 427 g/mol. The summed E-state index contributed by atoms with van der Waals surface area (Å²) in [6.45, 7) is 3.28. The number of benzene rings is 1. The molecule has 1 saturated carbocycles. The van der Waals surface area contributed by atoms with Gasteiger partial charge in [0.1, 0.15) is 5.82 Å². The summed E-state index contributed by atoms with van der Waals surface area (Å²) in [5.41, 5.74) is 5.17. The first-order valence-electron chi connectivity index (χ1n) is 11.2. The van der Waals surface area contributed by atoms with Gasteiger partial charge >= 0.3 is 0 Å². The molecule has 3 aromatic heterocycles. The number of rotatable bonds is 6. The minimum atomic E-state index is 0.694. The van der Waals surface area contributed by atoms with Crippen LogP contribution in [0.5, 0.6) is 0 Å². The molecule has 1 fully saturated rings. The maximum Gasteiger partial charge on any atom is 0.161 e. The van der Waals surface area contributed by atoms with Crippen LogP contribution in [0.2, 0.25) is 0 Å². The Morgan fingerprint density at radius 2 is 1.69 bits per heavy atom. The molecule has 2 atom stereocenters. The van der Waals surface area contributed by atoms with E-state index in [9.17, 15) is 0 Å². The number of aromatic nitrogens is 6. The second kappa shape index (κ2) is 8.57. The number of nitrogens with one attached hydrogen (secondary N) is 1. The van der Waals surface area contributed by atoms with Gasteiger partial charge in [-0.15, -0.1) is 0 Å². The number of anilines is 1. The van der Waals surface area contributed by atoms with Gasteiger partial charge in [-0.25, -0.2) is 9.97 Å². The third-order valence-electron chi connectivity index (χ3n) is 6.33. The lowest BCUT2D eigenvalue weighted by atomic mass is 10.1. The number of nitrogens with zero attached hydrogens (tertiary/aromatic N) is 6. The van der Waals surface area contributed by atoms with Gasteiger partial charge in [0.25, 0.3) is 0 Å². The minimum absolute atomic E-state index is 0.694. The molecule has 1 aromatic carbocycles. The van der Waals surface area contributed by atoms with E-state index < -0.39 is 0 Å². The smallest absolute Gasteiger partial charge is 0.161 e. The summed E-state index contributed by atoms with van der Waals surface area (Å²) in [7, 11) is 3.85. The molecule has 7 nitrogen and oxygen atoms in total. The Hall–Kier alpha value is -3.48. The second-order valence-electron chi connectivity index (χ2n) is 9.01. The summed E-state index contributed by atoms with van der Waals surface area (Å²) in [6.07, 6.45) is 13.5. The topological polar surface area (TPSA) is 73.5 Å². The van der Waals surface area contributed by atoms with Crippen LogP contribution < -0.4 is 5.32 Å². The highest BCUT2D eigenvalue weighted by Crippen LogP contribution is 2.33. The van der Waals surface area contributed by atoms with Crippen LogP contribution >= 0.6 is 0 Å². The van der Waals surface area contributed by atoms with Crippen molar-refractivity contribution in [2.75, 3.05) is 11.9 Å². The molecule has 1 aliphatic carbocycles. The first-order chi connectivity index (χ1) is 15.5. The van der Waals surface area contributed by atoms with Crippen molar-refractivity contribution in [1.29, 1.82) is 0 Å². The van der Waals surface area contributed by atoms with Crippen LogP contribution in [-0.4, -0.2) is 36.1 Å². The first-order valence-corrected chi connectivity index (χ1v) is 11.2. The van der Waals surface area contributed by atoms with Gasteiger partial charge in [0.05, 0.1) is 12.4 Å². The maximum absolute atomic E-state index is 4.97. The molecule has 1 N–H and O–H groups in total. The van der Waals surface area contributed by atoms with E-state index in [0.717, 1.165) is 46.1 Å². The van der Waals surface area contributed by atoms with Gasteiger partial charge in [-0.3, -0.25) is 9.36 Å². The molecule has 4 aromatic rings. The Bertz CT molecular complexity index is 1220. The molecule has 32 heavy (non-hydrogen) atoms. The molecular formula is C25H29N7. The average molecular weight is 428 g/mol. The summed E-state index contributed by atoms with van der Waals surface area (Å²) in [5.74, 6) is 3.09. The van der Waals surface area contributed by atoms with E-state index in [1.165, 1.54) is 19.3 Å². The SMILES string of the molecule is CC1CCC(CNc2nc(-c3cccc(-c4cnn(C)c4)c3)ncc2-c2cnn(C)c2)C1. The van der Waals surface area contributed by atoms with E-state index in [1.54, 1.807) is 0 Å². The molecular weight excluding hydrogens is 398 g/mol. The molecule has 0 bridgehead atoms. The predicted octanol–water partition coefficient (Wildman–Crippen LogP) is 4.79. The number of hydrogen-bond acceptors (Lipinski definition) is 5. The van der Waals surface area contributed by atoms with Crippen molar-refractivity contribution in [2.24, 2.45) is 25.9 Å². The van der Waals surface area contributed by atoms with E-state index in [0.29, 0.717) is 11.7 Å². The molecule has 2 unspecified atom stereocenters. The Kier molecular flexibility index (Phi) is 5.47. The molecule has 0 spiro atoms. The highest BCUT2D eigenvalue weighted by molar-refractivity contribution is 5.76. The summed E-state index contributed by atoms with van der Waals surface area (Å²) in [4.78, 5) is 9.69. The Balaban J connectivity index is 1.48. The maximum atomic E-state index is 4.97. The summed E-state index contributed by atoms with van der Waals surface area (Å²) in [6, 6.07) is 8.31. The summed E-state index contributed by atoms with van der Waals surface area (Å²) >= 11 is 0. The molecule has 5 rings (SSSR count). The lowest BCUT2D eigenvalue weighted by molar-refractivity contribution is 0.536. The van der Waals surface area contributed by atoms with Gasteiger partial charge in [-0.05, 0) is 36.3 Å². The fraction of sp³-hybridized carbons (Fsp3) is 0.360.